The molecule has 1 aromatic rings. The molecule has 34 heavy (non-hydrogen) atoms. The molecule has 2 N–H and O–H groups in total. The number of aromatic hydroxyl groups is 2. The Hall–Kier alpha value is -1.58. The third kappa shape index (κ3) is 11.2. The van der Waals surface area contributed by atoms with Crippen molar-refractivity contribution in [2.45, 2.75) is 143 Å². The minimum absolute atomic E-state index is 0.00359. The van der Waals surface area contributed by atoms with E-state index in [0.29, 0.717) is 24.7 Å². The molecule has 0 aliphatic rings. The van der Waals surface area contributed by atoms with Crippen LogP contribution in [0.3, 0.4) is 0 Å². The Bertz CT molecular complexity index is 641. The predicted octanol–water partition coefficient (Wildman–Crippen LogP) is 9.26. The Morgan fingerprint density at radius 1 is 0.441 bits per heavy atom. The Labute approximate surface area is 210 Å². The Balaban J connectivity index is 3.15. The second kappa shape index (κ2) is 19.7. The molecule has 0 saturated heterocycles. The van der Waals surface area contributed by atoms with Crippen LogP contribution < -0.4 is 9.47 Å². The van der Waals surface area contributed by atoms with E-state index in [2.05, 4.69) is 27.7 Å². The van der Waals surface area contributed by atoms with Crippen LogP contribution in [0.5, 0.6) is 23.0 Å². The minimum atomic E-state index is -0.143. The van der Waals surface area contributed by atoms with E-state index in [4.69, 9.17) is 9.47 Å². The van der Waals surface area contributed by atoms with Gasteiger partial charge in [0.1, 0.15) is 0 Å². The highest BCUT2D eigenvalue weighted by atomic mass is 16.5. The van der Waals surface area contributed by atoms with Crippen LogP contribution in [0.15, 0.2) is 0 Å². The van der Waals surface area contributed by atoms with E-state index in [1.54, 1.807) is 0 Å². The second-order valence-corrected chi connectivity index (χ2v) is 9.75. The van der Waals surface area contributed by atoms with Crippen molar-refractivity contribution < 1.29 is 19.7 Å². The number of rotatable bonds is 22. The van der Waals surface area contributed by atoms with E-state index in [0.717, 1.165) is 68.9 Å². The highest BCUT2D eigenvalue weighted by molar-refractivity contribution is 5.66. The number of ether oxygens (including phenoxy) is 2. The summed E-state index contributed by atoms with van der Waals surface area (Å²) in [6.45, 7) is 9.86. The van der Waals surface area contributed by atoms with E-state index >= 15 is 0 Å². The van der Waals surface area contributed by atoms with E-state index in [9.17, 15) is 10.2 Å². The van der Waals surface area contributed by atoms with Gasteiger partial charge in [-0.15, -0.1) is 0 Å². The molecular formula is C30H54O4. The number of phenolic OH excluding ortho intramolecular Hbond substituents is 2. The molecule has 1 aromatic carbocycles. The SMILES string of the molecule is CCCCCCCCc1c(O)c(O)c(OCCCC)c(OCCCC)c1CCCCCCCC. The van der Waals surface area contributed by atoms with Gasteiger partial charge in [-0.25, -0.2) is 0 Å². The molecule has 0 atom stereocenters. The molecule has 0 aliphatic heterocycles. The summed E-state index contributed by atoms with van der Waals surface area (Å²) in [5.41, 5.74) is 1.93. The zero-order valence-electron chi connectivity index (χ0n) is 22.9. The molecule has 0 unspecified atom stereocenters. The molecule has 0 heterocycles. The smallest absolute Gasteiger partial charge is 0.207 e. The summed E-state index contributed by atoms with van der Waals surface area (Å²) in [7, 11) is 0. The summed E-state index contributed by atoms with van der Waals surface area (Å²) in [6, 6.07) is 0. The normalized spacial score (nSPS) is 11.2. The molecule has 0 amide bonds. The van der Waals surface area contributed by atoms with Crippen molar-refractivity contribution in [1.82, 2.24) is 0 Å². The molecule has 1 rings (SSSR count). The van der Waals surface area contributed by atoms with Gasteiger partial charge < -0.3 is 19.7 Å². The molecule has 0 aliphatic carbocycles. The summed E-state index contributed by atoms with van der Waals surface area (Å²) in [4.78, 5) is 0. The summed E-state index contributed by atoms with van der Waals surface area (Å²) in [5.74, 6) is 0.878. The fraction of sp³-hybridized carbons (Fsp3) is 0.800. The number of hydrogen-bond acceptors (Lipinski definition) is 4. The first-order valence-corrected chi connectivity index (χ1v) is 14.5. The van der Waals surface area contributed by atoms with Crippen molar-refractivity contribution in [3.8, 4) is 23.0 Å². The molecule has 0 spiro atoms. The fourth-order valence-corrected chi connectivity index (χ4v) is 4.40. The van der Waals surface area contributed by atoms with Gasteiger partial charge in [0.2, 0.25) is 11.5 Å². The fourth-order valence-electron chi connectivity index (χ4n) is 4.40. The van der Waals surface area contributed by atoms with Gasteiger partial charge in [-0.2, -0.15) is 0 Å². The van der Waals surface area contributed by atoms with Gasteiger partial charge in [0, 0.05) is 11.1 Å². The van der Waals surface area contributed by atoms with E-state index in [1.807, 2.05) is 0 Å². The molecular weight excluding hydrogens is 424 g/mol. The molecule has 0 saturated carbocycles. The van der Waals surface area contributed by atoms with Crippen molar-refractivity contribution in [2.24, 2.45) is 0 Å². The van der Waals surface area contributed by atoms with Crippen molar-refractivity contribution in [3.63, 3.8) is 0 Å². The molecule has 0 aromatic heterocycles. The van der Waals surface area contributed by atoms with Gasteiger partial charge in [0.15, 0.2) is 11.5 Å². The van der Waals surface area contributed by atoms with Gasteiger partial charge in [-0.1, -0.05) is 105 Å². The van der Waals surface area contributed by atoms with Gasteiger partial charge in [0.05, 0.1) is 13.2 Å². The molecule has 0 bridgehead atoms. The van der Waals surface area contributed by atoms with Gasteiger partial charge in [-0.3, -0.25) is 0 Å². The lowest BCUT2D eigenvalue weighted by molar-refractivity contribution is 0.245. The average Bonchev–Trinajstić information content (AvgIpc) is 2.84. The predicted molar refractivity (Wildman–Crippen MR) is 145 cm³/mol. The largest absolute Gasteiger partial charge is 0.504 e. The molecule has 0 fully saturated rings. The van der Waals surface area contributed by atoms with Crippen LogP contribution in [-0.2, 0) is 12.8 Å². The zero-order chi connectivity index (χ0) is 25.0. The van der Waals surface area contributed by atoms with Crippen molar-refractivity contribution >= 4 is 0 Å². The number of phenols is 2. The lowest BCUT2D eigenvalue weighted by Gasteiger charge is -2.22. The van der Waals surface area contributed by atoms with Crippen LogP contribution >= 0.6 is 0 Å². The van der Waals surface area contributed by atoms with Crippen molar-refractivity contribution in [3.05, 3.63) is 11.1 Å². The van der Waals surface area contributed by atoms with Crippen LogP contribution in [0, 0.1) is 0 Å². The maximum absolute atomic E-state index is 11.0. The standard InChI is InChI=1S/C30H54O4/c1-5-9-13-15-17-19-21-25-26(22-20-18-16-14-10-6-2)29(33-23-11-7-3)30(28(32)27(25)31)34-24-12-8-4/h31-32H,5-24H2,1-4H3. The average molecular weight is 479 g/mol. The first-order chi connectivity index (χ1) is 16.6. The minimum Gasteiger partial charge on any atom is -0.504 e. The molecule has 4 heteroatoms. The van der Waals surface area contributed by atoms with Gasteiger partial charge in [0.25, 0.3) is 0 Å². The lowest BCUT2D eigenvalue weighted by atomic mass is 9.93. The van der Waals surface area contributed by atoms with Crippen molar-refractivity contribution in [2.75, 3.05) is 13.2 Å². The zero-order valence-corrected chi connectivity index (χ0v) is 22.9. The first-order valence-electron chi connectivity index (χ1n) is 14.5. The number of benzene rings is 1. The maximum atomic E-state index is 11.0. The van der Waals surface area contributed by atoms with Crippen LogP contribution in [0.2, 0.25) is 0 Å². The highest BCUT2D eigenvalue weighted by Crippen LogP contribution is 2.50. The number of unbranched alkanes of at least 4 members (excludes halogenated alkanes) is 12. The summed E-state index contributed by atoms with van der Waals surface area (Å²) >= 11 is 0. The van der Waals surface area contributed by atoms with Crippen LogP contribution in [0.25, 0.3) is 0 Å². The third-order valence-corrected chi connectivity index (χ3v) is 6.62. The summed E-state index contributed by atoms with van der Waals surface area (Å²) in [5, 5.41) is 22.0. The molecule has 4 nitrogen and oxygen atoms in total. The van der Waals surface area contributed by atoms with Gasteiger partial charge >= 0.3 is 0 Å². The second-order valence-electron chi connectivity index (χ2n) is 9.75. The quantitative estimate of drug-likeness (QED) is 0.129. The van der Waals surface area contributed by atoms with Crippen LogP contribution in [0.1, 0.15) is 142 Å². The molecule has 198 valence electrons. The summed E-state index contributed by atoms with van der Waals surface area (Å²) in [6.07, 6.45) is 20.1. The van der Waals surface area contributed by atoms with Gasteiger partial charge in [-0.05, 0) is 38.5 Å². The van der Waals surface area contributed by atoms with E-state index < -0.39 is 0 Å². The Morgan fingerprint density at radius 2 is 0.853 bits per heavy atom. The van der Waals surface area contributed by atoms with E-state index in [1.165, 1.54) is 57.8 Å². The third-order valence-electron chi connectivity index (χ3n) is 6.62. The highest BCUT2D eigenvalue weighted by Gasteiger charge is 2.25. The monoisotopic (exact) mass is 478 g/mol. The van der Waals surface area contributed by atoms with E-state index in [-0.39, 0.29) is 11.5 Å². The van der Waals surface area contributed by atoms with Crippen LogP contribution in [-0.4, -0.2) is 23.4 Å². The number of hydrogen-bond donors (Lipinski definition) is 2. The lowest BCUT2D eigenvalue weighted by Crippen LogP contribution is -2.08. The van der Waals surface area contributed by atoms with Crippen LogP contribution in [0.4, 0.5) is 0 Å². The Kier molecular flexibility index (Phi) is 17.6. The van der Waals surface area contributed by atoms with Crippen molar-refractivity contribution in [1.29, 1.82) is 0 Å². The molecule has 0 radical (unpaired) electrons. The Morgan fingerprint density at radius 3 is 1.35 bits per heavy atom. The maximum Gasteiger partial charge on any atom is 0.207 e. The summed E-state index contributed by atoms with van der Waals surface area (Å²) < 4.78 is 12.3. The first kappa shape index (κ1) is 30.5. The topological polar surface area (TPSA) is 58.9 Å².